The van der Waals surface area contributed by atoms with Crippen LogP contribution >= 0.6 is 0 Å². The van der Waals surface area contributed by atoms with Gasteiger partial charge in [0.2, 0.25) is 10.0 Å². The minimum absolute atomic E-state index is 0.0330. The van der Waals surface area contributed by atoms with E-state index >= 15 is 0 Å². The van der Waals surface area contributed by atoms with E-state index in [1.807, 2.05) is 0 Å². The van der Waals surface area contributed by atoms with Gasteiger partial charge in [0, 0.05) is 31.8 Å². The maximum Gasteiger partial charge on any atom is 0.410 e. The van der Waals surface area contributed by atoms with E-state index in [0.29, 0.717) is 5.56 Å². The summed E-state index contributed by atoms with van der Waals surface area (Å²) in [6, 6.07) is 3.33. The summed E-state index contributed by atoms with van der Waals surface area (Å²) >= 11 is 0. The van der Waals surface area contributed by atoms with Crippen molar-refractivity contribution in [1.29, 1.82) is 0 Å². The third-order valence-electron chi connectivity index (χ3n) is 4.19. The lowest BCUT2D eigenvalue weighted by atomic mass is 10.1. The van der Waals surface area contributed by atoms with Crippen molar-refractivity contribution in [3.63, 3.8) is 0 Å². The average Bonchev–Trinajstić information content (AvgIpc) is 2.47. The van der Waals surface area contributed by atoms with Crippen LogP contribution in [-0.2, 0) is 14.8 Å². The van der Waals surface area contributed by atoms with E-state index < -0.39 is 26.6 Å². The summed E-state index contributed by atoms with van der Waals surface area (Å²) in [6.45, 7) is 9.26. The van der Waals surface area contributed by atoms with Crippen LogP contribution in [-0.4, -0.2) is 59.9 Å². The van der Waals surface area contributed by atoms with Crippen LogP contribution in [0.25, 0.3) is 0 Å². The predicted molar refractivity (Wildman–Crippen MR) is 99.0 cm³/mol. The van der Waals surface area contributed by atoms with Crippen LogP contribution in [0.4, 0.5) is 10.5 Å². The van der Waals surface area contributed by atoms with Crippen LogP contribution in [0.5, 0.6) is 0 Å². The molecular formula is C17H25N3O6S. The highest BCUT2D eigenvalue weighted by Gasteiger charge is 2.41. The van der Waals surface area contributed by atoms with E-state index in [1.165, 1.54) is 34.3 Å². The van der Waals surface area contributed by atoms with Crippen LogP contribution in [0.2, 0.25) is 0 Å². The van der Waals surface area contributed by atoms with Crippen molar-refractivity contribution in [2.45, 2.75) is 51.2 Å². The zero-order chi connectivity index (χ0) is 20.6. The van der Waals surface area contributed by atoms with Gasteiger partial charge in [-0.1, -0.05) is 6.92 Å². The first-order valence-corrected chi connectivity index (χ1v) is 10.1. The number of amides is 1. The molecule has 1 amide bonds. The van der Waals surface area contributed by atoms with E-state index in [4.69, 9.17) is 4.74 Å². The summed E-state index contributed by atoms with van der Waals surface area (Å²) in [6.07, 6.45) is -0.473. The molecule has 27 heavy (non-hydrogen) atoms. The molecule has 0 saturated carbocycles. The van der Waals surface area contributed by atoms with Gasteiger partial charge in [-0.05, 0) is 39.3 Å². The van der Waals surface area contributed by atoms with Crippen LogP contribution in [0, 0.1) is 17.0 Å². The topological polar surface area (TPSA) is 110 Å². The summed E-state index contributed by atoms with van der Waals surface area (Å²) in [5.74, 6) is 0. The molecule has 0 aromatic heterocycles. The fourth-order valence-electron chi connectivity index (χ4n) is 2.90. The second kappa shape index (κ2) is 7.43. The summed E-state index contributed by atoms with van der Waals surface area (Å²) < 4.78 is 32.7. The first-order chi connectivity index (χ1) is 12.4. The molecule has 9 nitrogen and oxygen atoms in total. The summed E-state index contributed by atoms with van der Waals surface area (Å²) in [5.41, 5.74) is -0.464. The van der Waals surface area contributed by atoms with Gasteiger partial charge in [-0.2, -0.15) is 4.31 Å². The molecule has 1 aliphatic heterocycles. The first kappa shape index (κ1) is 21.1. The van der Waals surface area contributed by atoms with Crippen molar-refractivity contribution in [2.24, 2.45) is 0 Å². The minimum atomic E-state index is -3.84. The number of aryl methyl sites for hydroxylation is 1. The Morgan fingerprint density at radius 2 is 1.96 bits per heavy atom. The van der Waals surface area contributed by atoms with E-state index in [9.17, 15) is 23.3 Å². The molecule has 1 aliphatic rings. The molecule has 0 aliphatic carbocycles. The van der Waals surface area contributed by atoms with Crippen molar-refractivity contribution < 1.29 is 22.9 Å². The smallest absolute Gasteiger partial charge is 0.410 e. The first-order valence-electron chi connectivity index (χ1n) is 8.61. The van der Waals surface area contributed by atoms with Gasteiger partial charge in [-0.15, -0.1) is 0 Å². The molecule has 1 fully saturated rings. The molecule has 0 N–H and O–H groups in total. The summed E-state index contributed by atoms with van der Waals surface area (Å²) in [4.78, 5) is 23.8. The van der Waals surface area contributed by atoms with Gasteiger partial charge >= 0.3 is 6.09 Å². The minimum Gasteiger partial charge on any atom is -0.444 e. The highest BCUT2D eigenvalue weighted by Crippen LogP contribution is 2.28. The molecule has 150 valence electrons. The number of sulfonamides is 1. The molecule has 1 saturated heterocycles. The third kappa shape index (κ3) is 4.56. The van der Waals surface area contributed by atoms with Crippen molar-refractivity contribution in [3.05, 3.63) is 33.9 Å². The Hall–Kier alpha value is -2.20. The molecule has 1 aromatic carbocycles. The van der Waals surface area contributed by atoms with Crippen molar-refractivity contribution >= 4 is 21.8 Å². The Morgan fingerprint density at radius 3 is 2.41 bits per heavy atom. The molecule has 0 unspecified atom stereocenters. The molecule has 1 heterocycles. The lowest BCUT2D eigenvalue weighted by Gasteiger charge is -2.44. The van der Waals surface area contributed by atoms with Crippen LogP contribution in [0.3, 0.4) is 0 Å². The quantitative estimate of drug-likeness (QED) is 0.556. The number of likely N-dealkylation sites (N-methyl/N-ethyl adjacent to an activating group) is 1. The SMILES string of the molecule is CCN(C1CN(C(=O)OC(C)(C)C)C1)S(=O)(=O)c1ccc([N+](=O)[O-])cc1C. The fraction of sp³-hybridized carbons (Fsp3) is 0.588. The molecule has 0 atom stereocenters. The molecule has 0 bridgehead atoms. The molecular weight excluding hydrogens is 374 g/mol. The molecule has 10 heteroatoms. The maximum atomic E-state index is 13.0. The van der Waals surface area contributed by atoms with Crippen molar-refractivity contribution in [2.75, 3.05) is 19.6 Å². The number of rotatable bonds is 5. The monoisotopic (exact) mass is 399 g/mol. The number of hydrogen-bond donors (Lipinski definition) is 0. The lowest BCUT2D eigenvalue weighted by molar-refractivity contribution is -0.385. The normalized spacial score (nSPS) is 15.6. The van der Waals surface area contributed by atoms with Crippen LogP contribution < -0.4 is 0 Å². The number of ether oxygens (including phenoxy) is 1. The summed E-state index contributed by atoms with van der Waals surface area (Å²) in [5, 5.41) is 10.9. The van der Waals surface area contributed by atoms with Crippen LogP contribution in [0.15, 0.2) is 23.1 Å². The Morgan fingerprint density at radius 1 is 1.37 bits per heavy atom. The number of hydrogen-bond acceptors (Lipinski definition) is 6. The van der Waals surface area contributed by atoms with E-state index in [-0.39, 0.29) is 36.3 Å². The van der Waals surface area contributed by atoms with Gasteiger partial charge in [0.25, 0.3) is 5.69 Å². The van der Waals surface area contributed by atoms with Gasteiger partial charge in [0.05, 0.1) is 15.9 Å². The highest BCUT2D eigenvalue weighted by molar-refractivity contribution is 7.89. The van der Waals surface area contributed by atoms with E-state index in [0.717, 1.165) is 0 Å². The predicted octanol–water partition coefficient (Wildman–Crippen LogP) is 2.53. The number of nitro benzene ring substituents is 1. The Labute approximate surface area is 159 Å². The van der Waals surface area contributed by atoms with Crippen molar-refractivity contribution in [3.8, 4) is 0 Å². The zero-order valence-electron chi connectivity index (χ0n) is 16.1. The maximum absolute atomic E-state index is 13.0. The second-order valence-corrected chi connectivity index (χ2v) is 9.31. The number of non-ortho nitro benzene ring substituents is 1. The van der Waals surface area contributed by atoms with Gasteiger partial charge in [0.15, 0.2) is 0 Å². The standard InChI is InChI=1S/C17H25N3O6S/c1-6-19(14-10-18(11-14)16(21)26-17(3,4)5)27(24,25)15-8-7-13(20(22)23)9-12(15)2/h7-9,14H,6,10-11H2,1-5H3. The largest absolute Gasteiger partial charge is 0.444 e. The third-order valence-corrected chi connectivity index (χ3v) is 6.38. The van der Waals surface area contributed by atoms with Gasteiger partial charge in [-0.25, -0.2) is 13.2 Å². The number of nitro groups is 1. The lowest BCUT2D eigenvalue weighted by Crippen LogP contribution is -2.62. The Kier molecular flexibility index (Phi) is 5.81. The average molecular weight is 399 g/mol. The number of likely N-dealkylation sites (tertiary alicyclic amines) is 1. The van der Waals surface area contributed by atoms with Gasteiger partial charge < -0.3 is 9.64 Å². The Balaban J connectivity index is 2.16. The fourth-order valence-corrected chi connectivity index (χ4v) is 4.72. The number of carbonyl (C=O) groups excluding carboxylic acids is 1. The van der Waals surface area contributed by atoms with Gasteiger partial charge in [-0.3, -0.25) is 10.1 Å². The zero-order valence-corrected chi connectivity index (χ0v) is 16.9. The Bertz CT molecular complexity index is 841. The number of carbonyl (C=O) groups is 1. The summed E-state index contributed by atoms with van der Waals surface area (Å²) in [7, 11) is -3.84. The van der Waals surface area contributed by atoms with Gasteiger partial charge in [0.1, 0.15) is 5.60 Å². The molecule has 2 rings (SSSR count). The second-order valence-electron chi connectivity index (χ2n) is 7.45. The van der Waals surface area contributed by atoms with E-state index in [1.54, 1.807) is 27.7 Å². The number of nitrogens with zero attached hydrogens (tertiary/aromatic N) is 3. The molecule has 1 aromatic rings. The van der Waals surface area contributed by atoms with Crippen LogP contribution in [0.1, 0.15) is 33.3 Å². The molecule has 0 spiro atoms. The van der Waals surface area contributed by atoms with E-state index in [2.05, 4.69) is 0 Å². The number of benzene rings is 1. The highest BCUT2D eigenvalue weighted by atomic mass is 32.2. The van der Waals surface area contributed by atoms with Crippen molar-refractivity contribution in [1.82, 2.24) is 9.21 Å². The molecule has 0 radical (unpaired) electrons.